The highest BCUT2D eigenvalue weighted by molar-refractivity contribution is 5.59. The highest BCUT2D eigenvalue weighted by Crippen LogP contribution is 2.39. The van der Waals surface area contributed by atoms with Crippen LogP contribution in [0.4, 0.5) is 5.95 Å². The van der Waals surface area contributed by atoms with Gasteiger partial charge in [-0.2, -0.15) is 5.10 Å². The summed E-state index contributed by atoms with van der Waals surface area (Å²) in [6.07, 6.45) is 8.89. The first-order chi connectivity index (χ1) is 13.9. The molecular formula is C21H23N7O. The Morgan fingerprint density at radius 1 is 1.03 bits per heavy atom. The third-order valence-corrected chi connectivity index (χ3v) is 5.52. The third kappa shape index (κ3) is 3.37. The molecule has 1 atom stereocenters. The van der Waals surface area contributed by atoms with Crippen molar-refractivity contribution in [2.45, 2.75) is 26.2 Å². The first-order valence-electron chi connectivity index (χ1n) is 9.38. The van der Waals surface area contributed by atoms with Crippen LogP contribution in [0.1, 0.15) is 32.0 Å². The SMILES string of the molecule is CC(C)C(C)(c1ccc(-c2cnc(N)nc2)nc1)c1cc(-c2cnn(C)c2)on1. The second kappa shape index (κ2) is 7.12. The lowest BCUT2D eigenvalue weighted by atomic mass is 9.71. The standard InChI is InChI=1S/C21H23N7O/c1-13(2)21(3,19-7-18(29-27-19)15-10-26-28(4)12-15)16-5-6-17(23-11-16)14-8-24-20(22)25-9-14/h5-13H,1-4H3,(H2,22,24,25). The van der Waals surface area contributed by atoms with E-state index >= 15 is 0 Å². The molecule has 2 N–H and O–H groups in total. The number of nitrogens with zero attached hydrogens (tertiary/aromatic N) is 6. The van der Waals surface area contributed by atoms with Gasteiger partial charge >= 0.3 is 0 Å². The predicted molar refractivity (Wildman–Crippen MR) is 110 cm³/mol. The number of rotatable bonds is 5. The number of nitrogen functional groups attached to an aromatic ring is 1. The van der Waals surface area contributed by atoms with Crippen LogP contribution in [0, 0.1) is 5.92 Å². The summed E-state index contributed by atoms with van der Waals surface area (Å²) >= 11 is 0. The largest absolute Gasteiger partial charge is 0.368 e. The van der Waals surface area contributed by atoms with Gasteiger partial charge in [-0.3, -0.25) is 9.67 Å². The summed E-state index contributed by atoms with van der Waals surface area (Å²) in [5, 5.41) is 8.59. The van der Waals surface area contributed by atoms with Gasteiger partial charge in [0, 0.05) is 48.9 Å². The van der Waals surface area contributed by atoms with Gasteiger partial charge in [-0.1, -0.05) is 25.1 Å². The molecule has 0 aromatic carbocycles. The molecule has 8 nitrogen and oxygen atoms in total. The fraction of sp³-hybridized carbons (Fsp3) is 0.286. The smallest absolute Gasteiger partial charge is 0.219 e. The molecule has 0 aliphatic carbocycles. The van der Waals surface area contributed by atoms with Gasteiger partial charge in [0.25, 0.3) is 0 Å². The van der Waals surface area contributed by atoms with E-state index in [9.17, 15) is 0 Å². The minimum absolute atomic E-state index is 0.244. The predicted octanol–water partition coefficient (Wildman–Crippen LogP) is 3.47. The fourth-order valence-corrected chi connectivity index (χ4v) is 3.32. The zero-order valence-electron chi connectivity index (χ0n) is 16.9. The fourth-order valence-electron chi connectivity index (χ4n) is 3.32. The van der Waals surface area contributed by atoms with Gasteiger partial charge in [0.2, 0.25) is 5.95 Å². The highest BCUT2D eigenvalue weighted by atomic mass is 16.5. The minimum Gasteiger partial charge on any atom is -0.368 e. The summed E-state index contributed by atoms with van der Waals surface area (Å²) in [5.41, 5.74) is 9.61. The maximum absolute atomic E-state index is 5.63. The van der Waals surface area contributed by atoms with Gasteiger partial charge in [-0.05, 0) is 24.5 Å². The Kier molecular flexibility index (Phi) is 4.62. The van der Waals surface area contributed by atoms with Crippen LogP contribution in [-0.2, 0) is 12.5 Å². The Hall–Kier alpha value is -3.55. The molecule has 0 spiro atoms. The average molecular weight is 389 g/mol. The maximum atomic E-state index is 5.63. The second-order valence-corrected chi connectivity index (χ2v) is 7.60. The molecule has 0 saturated heterocycles. The van der Waals surface area contributed by atoms with E-state index in [1.807, 2.05) is 31.6 Å². The molecule has 0 amide bonds. The van der Waals surface area contributed by atoms with Gasteiger partial charge in [0.15, 0.2) is 5.76 Å². The van der Waals surface area contributed by atoms with E-state index in [0.717, 1.165) is 28.1 Å². The molecule has 0 aliphatic rings. The lowest BCUT2D eigenvalue weighted by molar-refractivity contribution is 0.353. The molecule has 4 rings (SSSR count). The topological polar surface area (TPSA) is 109 Å². The summed E-state index contributed by atoms with van der Waals surface area (Å²) < 4.78 is 7.37. The molecular weight excluding hydrogens is 366 g/mol. The molecule has 8 heteroatoms. The highest BCUT2D eigenvalue weighted by Gasteiger charge is 2.36. The summed E-state index contributed by atoms with van der Waals surface area (Å²) in [5.74, 6) is 1.21. The Labute approximate surface area is 168 Å². The van der Waals surface area contributed by atoms with E-state index < -0.39 is 0 Å². The van der Waals surface area contributed by atoms with Gasteiger partial charge in [0.05, 0.1) is 23.1 Å². The molecule has 1 unspecified atom stereocenters. The average Bonchev–Trinajstić information content (AvgIpc) is 3.37. The van der Waals surface area contributed by atoms with Crippen molar-refractivity contribution >= 4 is 5.95 Å². The third-order valence-electron chi connectivity index (χ3n) is 5.52. The molecule has 0 bridgehead atoms. The number of hydrogen-bond donors (Lipinski definition) is 1. The minimum atomic E-state index is -0.368. The molecule has 4 aromatic rings. The van der Waals surface area contributed by atoms with E-state index in [1.165, 1.54) is 0 Å². The van der Waals surface area contributed by atoms with Crippen molar-refractivity contribution in [2.24, 2.45) is 13.0 Å². The Bertz CT molecular complexity index is 1110. The van der Waals surface area contributed by atoms with Crippen molar-refractivity contribution in [3.63, 3.8) is 0 Å². The van der Waals surface area contributed by atoms with Gasteiger partial charge < -0.3 is 10.3 Å². The molecule has 4 aromatic heterocycles. The number of aromatic nitrogens is 6. The summed E-state index contributed by atoms with van der Waals surface area (Å²) in [6, 6.07) is 6.02. The molecule has 148 valence electrons. The van der Waals surface area contributed by atoms with Gasteiger partial charge in [-0.25, -0.2) is 9.97 Å². The lowest BCUT2D eigenvalue weighted by Crippen LogP contribution is -2.30. The van der Waals surface area contributed by atoms with Gasteiger partial charge in [-0.15, -0.1) is 0 Å². The van der Waals surface area contributed by atoms with Crippen molar-refractivity contribution in [1.29, 1.82) is 0 Å². The molecule has 0 aliphatic heterocycles. The first kappa shape index (κ1) is 18.8. The van der Waals surface area contributed by atoms with Crippen LogP contribution in [0.3, 0.4) is 0 Å². The normalized spacial score (nSPS) is 13.6. The van der Waals surface area contributed by atoms with Crippen molar-refractivity contribution < 1.29 is 4.52 Å². The van der Waals surface area contributed by atoms with E-state index in [-0.39, 0.29) is 17.3 Å². The number of nitrogens with two attached hydrogens (primary N) is 1. The lowest BCUT2D eigenvalue weighted by Gasteiger charge is -2.32. The molecule has 0 fully saturated rings. The number of hydrogen-bond acceptors (Lipinski definition) is 7. The van der Waals surface area contributed by atoms with Crippen molar-refractivity contribution in [3.05, 3.63) is 60.4 Å². The van der Waals surface area contributed by atoms with Gasteiger partial charge in [0.1, 0.15) is 0 Å². The van der Waals surface area contributed by atoms with E-state index in [2.05, 4.69) is 52.0 Å². The van der Waals surface area contributed by atoms with Crippen LogP contribution in [-0.4, -0.2) is 29.9 Å². The quantitative estimate of drug-likeness (QED) is 0.556. The Balaban J connectivity index is 1.70. The second-order valence-electron chi connectivity index (χ2n) is 7.60. The monoisotopic (exact) mass is 389 g/mol. The summed E-state index contributed by atoms with van der Waals surface area (Å²) in [4.78, 5) is 12.7. The number of anilines is 1. The van der Waals surface area contributed by atoms with Crippen LogP contribution < -0.4 is 5.73 Å². The molecule has 29 heavy (non-hydrogen) atoms. The molecule has 4 heterocycles. The van der Waals surface area contributed by atoms with Crippen LogP contribution in [0.5, 0.6) is 0 Å². The van der Waals surface area contributed by atoms with E-state index in [0.29, 0.717) is 5.76 Å². The first-order valence-corrected chi connectivity index (χ1v) is 9.38. The molecule has 0 radical (unpaired) electrons. The Morgan fingerprint density at radius 2 is 1.79 bits per heavy atom. The Morgan fingerprint density at radius 3 is 2.38 bits per heavy atom. The zero-order valence-corrected chi connectivity index (χ0v) is 16.9. The van der Waals surface area contributed by atoms with Crippen molar-refractivity contribution in [3.8, 4) is 22.6 Å². The van der Waals surface area contributed by atoms with Crippen LogP contribution in [0.15, 0.2) is 53.7 Å². The summed E-state index contributed by atoms with van der Waals surface area (Å²) in [7, 11) is 1.87. The van der Waals surface area contributed by atoms with Crippen molar-refractivity contribution in [1.82, 2.24) is 29.9 Å². The van der Waals surface area contributed by atoms with Crippen LogP contribution in [0.25, 0.3) is 22.6 Å². The number of aryl methyl sites for hydroxylation is 1. The van der Waals surface area contributed by atoms with Crippen molar-refractivity contribution in [2.75, 3.05) is 5.73 Å². The van der Waals surface area contributed by atoms with E-state index in [4.69, 9.17) is 10.3 Å². The van der Waals surface area contributed by atoms with E-state index in [1.54, 1.807) is 23.3 Å². The van der Waals surface area contributed by atoms with Crippen LogP contribution in [0.2, 0.25) is 0 Å². The summed E-state index contributed by atoms with van der Waals surface area (Å²) in [6.45, 7) is 6.49. The number of pyridine rings is 1. The molecule has 0 saturated carbocycles. The zero-order chi connectivity index (χ0) is 20.6. The maximum Gasteiger partial charge on any atom is 0.219 e. The van der Waals surface area contributed by atoms with Crippen LogP contribution >= 0.6 is 0 Å².